The quantitative estimate of drug-likeness (QED) is 0.707. The van der Waals surface area contributed by atoms with E-state index in [0.717, 1.165) is 0 Å². The molecule has 2 heterocycles. The van der Waals surface area contributed by atoms with Crippen LogP contribution < -0.4 is 5.73 Å². The van der Waals surface area contributed by atoms with E-state index in [2.05, 4.69) is 9.97 Å². The number of nitrogens with two attached hydrogens (primary N) is 1. The molecule has 4 nitrogen and oxygen atoms in total. The molecular weight excluding hydrogens is 190 g/mol. The first-order chi connectivity index (χ1) is 6.25. The smallest absolute Gasteiger partial charge is 0.222 e. The molecule has 66 valence electrons. The third-order valence-electron chi connectivity index (χ3n) is 1.49. The second-order valence-electron chi connectivity index (χ2n) is 2.41. The fourth-order valence-electron chi connectivity index (χ4n) is 0.986. The second-order valence-corrected chi connectivity index (χ2v) is 2.80. The number of hydrogen-bond donors (Lipinski definition) is 1. The van der Waals surface area contributed by atoms with Gasteiger partial charge >= 0.3 is 0 Å². The van der Waals surface area contributed by atoms with E-state index < -0.39 is 0 Å². The number of nitrogen functional groups attached to an aromatic ring is 1. The molecule has 13 heavy (non-hydrogen) atoms. The Balaban J connectivity index is 2.53. The van der Waals surface area contributed by atoms with E-state index >= 15 is 0 Å². The summed E-state index contributed by atoms with van der Waals surface area (Å²) in [6.45, 7) is 0. The normalized spacial score (nSPS) is 10.2. The van der Waals surface area contributed by atoms with Crippen molar-refractivity contribution in [3.05, 3.63) is 29.6 Å². The van der Waals surface area contributed by atoms with Crippen LogP contribution in [0.25, 0.3) is 11.5 Å². The summed E-state index contributed by atoms with van der Waals surface area (Å²) in [5, 5.41) is 0.305. The SMILES string of the molecule is Nc1nc(Cl)cc(-c2ccco2)n1. The largest absolute Gasteiger partial charge is 0.463 e. The van der Waals surface area contributed by atoms with E-state index in [1.54, 1.807) is 24.5 Å². The van der Waals surface area contributed by atoms with Gasteiger partial charge in [-0.05, 0) is 12.1 Å². The zero-order valence-corrected chi connectivity index (χ0v) is 7.32. The topological polar surface area (TPSA) is 64.9 Å². The van der Waals surface area contributed by atoms with Gasteiger partial charge in [0.1, 0.15) is 10.8 Å². The van der Waals surface area contributed by atoms with Crippen LogP contribution in [0.2, 0.25) is 5.15 Å². The molecule has 0 aliphatic carbocycles. The molecule has 2 aromatic heterocycles. The second kappa shape index (κ2) is 3.06. The van der Waals surface area contributed by atoms with E-state index in [9.17, 15) is 0 Å². The summed E-state index contributed by atoms with van der Waals surface area (Å²) < 4.78 is 5.13. The maximum absolute atomic E-state index is 5.69. The highest BCUT2D eigenvalue weighted by atomic mass is 35.5. The molecule has 0 saturated carbocycles. The zero-order chi connectivity index (χ0) is 9.26. The van der Waals surface area contributed by atoms with Crippen molar-refractivity contribution in [3.8, 4) is 11.5 Å². The zero-order valence-electron chi connectivity index (χ0n) is 6.57. The molecule has 0 bridgehead atoms. The maximum Gasteiger partial charge on any atom is 0.222 e. The van der Waals surface area contributed by atoms with Gasteiger partial charge in [-0.15, -0.1) is 0 Å². The number of aromatic nitrogens is 2. The highest BCUT2D eigenvalue weighted by Gasteiger charge is 2.04. The number of rotatable bonds is 1. The Hall–Kier alpha value is -1.55. The number of nitrogens with zero attached hydrogens (tertiary/aromatic N) is 2. The lowest BCUT2D eigenvalue weighted by molar-refractivity contribution is 0.580. The number of hydrogen-bond acceptors (Lipinski definition) is 4. The molecule has 0 amide bonds. The Morgan fingerprint density at radius 3 is 2.85 bits per heavy atom. The average molecular weight is 196 g/mol. The Kier molecular flexibility index (Phi) is 1.90. The molecule has 0 aromatic carbocycles. The highest BCUT2D eigenvalue weighted by molar-refractivity contribution is 6.29. The van der Waals surface area contributed by atoms with Crippen LogP contribution in [0.3, 0.4) is 0 Å². The lowest BCUT2D eigenvalue weighted by Crippen LogP contribution is -1.95. The Labute approximate surface area is 79.4 Å². The summed E-state index contributed by atoms with van der Waals surface area (Å²) >= 11 is 5.69. The highest BCUT2D eigenvalue weighted by Crippen LogP contribution is 2.20. The van der Waals surface area contributed by atoms with Crippen molar-refractivity contribution in [2.75, 3.05) is 5.73 Å². The minimum absolute atomic E-state index is 0.138. The molecule has 0 aliphatic heterocycles. The average Bonchev–Trinajstić information content (AvgIpc) is 2.53. The van der Waals surface area contributed by atoms with Crippen LogP contribution in [0.5, 0.6) is 0 Å². The molecule has 0 spiro atoms. The van der Waals surface area contributed by atoms with Crippen LogP contribution in [0.4, 0.5) is 5.95 Å². The van der Waals surface area contributed by atoms with Gasteiger partial charge in [0.15, 0.2) is 5.76 Å². The fourth-order valence-corrected chi connectivity index (χ4v) is 1.18. The number of furan rings is 1. The van der Waals surface area contributed by atoms with E-state index in [-0.39, 0.29) is 5.95 Å². The van der Waals surface area contributed by atoms with Gasteiger partial charge in [-0.1, -0.05) is 11.6 Å². The summed E-state index contributed by atoms with van der Waals surface area (Å²) in [5.41, 5.74) is 6.00. The van der Waals surface area contributed by atoms with Crippen molar-refractivity contribution in [1.29, 1.82) is 0 Å². The van der Waals surface area contributed by atoms with Crippen LogP contribution in [0, 0.1) is 0 Å². The molecule has 0 atom stereocenters. The van der Waals surface area contributed by atoms with Gasteiger partial charge < -0.3 is 10.2 Å². The van der Waals surface area contributed by atoms with Gasteiger partial charge in [0.25, 0.3) is 0 Å². The van der Waals surface area contributed by atoms with Crippen molar-refractivity contribution in [1.82, 2.24) is 9.97 Å². The molecule has 5 heteroatoms. The monoisotopic (exact) mass is 195 g/mol. The van der Waals surface area contributed by atoms with Gasteiger partial charge in [0.2, 0.25) is 5.95 Å². The van der Waals surface area contributed by atoms with Crippen LogP contribution in [-0.4, -0.2) is 9.97 Å². The fraction of sp³-hybridized carbons (Fsp3) is 0. The third-order valence-corrected chi connectivity index (χ3v) is 1.68. The maximum atomic E-state index is 5.69. The van der Waals surface area contributed by atoms with Crippen molar-refractivity contribution in [2.45, 2.75) is 0 Å². The first-order valence-corrected chi connectivity index (χ1v) is 3.97. The molecule has 0 radical (unpaired) electrons. The van der Waals surface area contributed by atoms with E-state index in [1.807, 2.05) is 0 Å². The molecule has 2 aromatic rings. The lowest BCUT2D eigenvalue weighted by atomic mass is 10.3. The molecular formula is C8H6ClN3O. The van der Waals surface area contributed by atoms with Crippen LogP contribution in [0.15, 0.2) is 28.9 Å². The van der Waals surface area contributed by atoms with Gasteiger partial charge in [-0.3, -0.25) is 0 Å². The van der Waals surface area contributed by atoms with Gasteiger partial charge in [0.05, 0.1) is 6.26 Å². The molecule has 0 saturated heterocycles. The summed E-state index contributed by atoms with van der Waals surface area (Å²) in [7, 11) is 0. The van der Waals surface area contributed by atoms with Crippen LogP contribution >= 0.6 is 11.6 Å². The first kappa shape index (κ1) is 8.07. The van der Waals surface area contributed by atoms with Crippen molar-refractivity contribution >= 4 is 17.5 Å². The van der Waals surface area contributed by atoms with Crippen molar-refractivity contribution < 1.29 is 4.42 Å². The van der Waals surface area contributed by atoms with Crippen LogP contribution in [0.1, 0.15) is 0 Å². The lowest BCUT2D eigenvalue weighted by Gasteiger charge is -1.97. The molecule has 0 fully saturated rings. The van der Waals surface area contributed by atoms with Gasteiger partial charge in [0, 0.05) is 6.07 Å². The predicted octanol–water partition coefficient (Wildman–Crippen LogP) is 1.97. The Morgan fingerprint density at radius 2 is 2.23 bits per heavy atom. The minimum atomic E-state index is 0.138. The summed E-state index contributed by atoms with van der Waals surface area (Å²) in [6.07, 6.45) is 1.56. The predicted molar refractivity (Wildman–Crippen MR) is 49.2 cm³/mol. The molecule has 2 rings (SSSR count). The van der Waals surface area contributed by atoms with E-state index in [4.69, 9.17) is 21.8 Å². The number of halogens is 1. The molecule has 0 aliphatic rings. The van der Waals surface area contributed by atoms with E-state index in [0.29, 0.717) is 16.6 Å². The van der Waals surface area contributed by atoms with Crippen molar-refractivity contribution in [2.24, 2.45) is 0 Å². The first-order valence-electron chi connectivity index (χ1n) is 3.59. The number of anilines is 1. The summed E-state index contributed by atoms with van der Waals surface area (Å²) in [6, 6.07) is 5.14. The summed E-state index contributed by atoms with van der Waals surface area (Å²) in [4.78, 5) is 7.70. The third kappa shape index (κ3) is 1.62. The van der Waals surface area contributed by atoms with Gasteiger partial charge in [-0.25, -0.2) is 9.97 Å². The summed E-state index contributed by atoms with van der Waals surface area (Å²) in [5.74, 6) is 0.759. The van der Waals surface area contributed by atoms with Crippen molar-refractivity contribution in [3.63, 3.8) is 0 Å². The Morgan fingerprint density at radius 1 is 1.38 bits per heavy atom. The molecule has 0 unspecified atom stereocenters. The minimum Gasteiger partial charge on any atom is -0.463 e. The molecule has 2 N–H and O–H groups in total. The van der Waals surface area contributed by atoms with Crippen LogP contribution in [-0.2, 0) is 0 Å². The Bertz CT molecular complexity index is 393. The van der Waals surface area contributed by atoms with Gasteiger partial charge in [-0.2, -0.15) is 0 Å². The standard InChI is InChI=1S/C8H6ClN3O/c9-7-4-5(11-8(10)12-7)6-2-1-3-13-6/h1-4H,(H2,10,11,12). The van der Waals surface area contributed by atoms with E-state index in [1.165, 1.54) is 0 Å².